The lowest BCUT2D eigenvalue weighted by Gasteiger charge is -2.15. The number of para-hydroxylation sites is 3. The molecule has 2 heterocycles. The summed E-state index contributed by atoms with van der Waals surface area (Å²) in [5.41, 5.74) is 2.71. The molecular weight excluding hydrogens is 394 g/mol. The molecule has 0 saturated carbocycles. The molecule has 8 heteroatoms. The minimum Gasteiger partial charge on any atom is -0.323 e. The summed E-state index contributed by atoms with van der Waals surface area (Å²) in [6, 6.07) is 16.1. The fourth-order valence-corrected chi connectivity index (χ4v) is 3.77. The third kappa shape index (κ3) is 3.68. The van der Waals surface area contributed by atoms with Gasteiger partial charge in [0, 0.05) is 12.2 Å². The number of aromatic nitrogens is 4. The van der Waals surface area contributed by atoms with Gasteiger partial charge < -0.3 is 5.32 Å². The van der Waals surface area contributed by atoms with Gasteiger partial charge in [-0.25, -0.2) is 9.48 Å². The van der Waals surface area contributed by atoms with Gasteiger partial charge in [-0.3, -0.25) is 18.7 Å². The van der Waals surface area contributed by atoms with Gasteiger partial charge in [0.25, 0.3) is 5.56 Å². The molecule has 31 heavy (non-hydrogen) atoms. The van der Waals surface area contributed by atoms with Crippen molar-refractivity contribution in [3.05, 3.63) is 86.8 Å². The van der Waals surface area contributed by atoms with Crippen LogP contribution in [0.1, 0.15) is 18.3 Å². The largest absolute Gasteiger partial charge is 0.331 e. The number of nitrogens with one attached hydrogen (secondary N) is 1. The summed E-state index contributed by atoms with van der Waals surface area (Å²) < 4.78 is 4.24. The first-order valence-electron chi connectivity index (χ1n) is 10.1. The Balaban J connectivity index is 1.72. The highest BCUT2D eigenvalue weighted by Gasteiger charge is 2.16. The molecule has 0 atom stereocenters. The first kappa shape index (κ1) is 20.3. The molecule has 0 aliphatic heterocycles. The maximum absolute atomic E-state index is 12.9. The second-order valence-corrected chi connectivity index (χ2v) is 7.34. The van der Waals surface area contributed by atoms with Crippen molar-refractivity contribution >= 4 is 22.5 Å². The van der Waals surface area contributed by atoms with E-state index in [0.29, 0.717) is 16.6 Å². The number of rotatable bonds is 5. The molecule has 1 amide bonds. The van der Waals surface area contributed by atoms with Gasteiger partial charge in [0.2, 0.25) is 5.91 Å². The van der Waals surface area contributed by atoms with Crippen LogP contribution >= 0.6 is 0 Å². The molecule has 0 saturated heterocycles. The van der Waals surface area contributed by atoms with Crippen LogP contribution in [0.5, 0.6) is 0 Å². The minimum atomic E-state index is -0.506. The maximum Gasteiger partial charge on any atom is 0.331 e. The van der Waals surface area contributed by atoms with E-state index in [1.165, 1.54) is 4.57 Å². The van der Waals surface area contributed by atoms with Crippen LogP contribution in [0.2, 0.25) is 0 Å². The van der Waals surface area contributed by atoms with Crippen LogP contribution in [0.25, 0.3) is 16.6 Å². The van der Waals surface area contributed by atoms with E-state index in [-0.39, 0.29) is 24.6 Å². The fraction of sp³-hybridized carbons (Fsp3) is 0.217. The van der Waals surface area contributed by atoms with Crippen molar-refractivity contribution in [3.63, 3.8) is 0 Å². The Hall–Kier alpha value is -3.94. The average molecular weight is 417 g/mol. The third-order valence-corrected chi connectivity index (χ3v) is 5.17. The van der Waals surface area contributed by atoms with E-state index in [2.05, 4.69) is 10.4 Å². The topological polar surface area (TPSA) is 90.9 Å². The van der Waals surface area contributed by atoms with Crippen molar-refractivity contribution in [2.24, 2.45) is 0 Å². The second-order valence-electron chi connectivity index (χ2n) is 7.34. The van der Waals surface area contributed by atoms with Crippen LogP contribution in [0.4, 0.5) is 5.69 Å². The normalized spacial score (nSPS) is 11.1. The van der Waals surface area contributed by atoms with Gasteiger partial charge >= 0.3 is 5.69 Å². The molecule has 2 aromatic heterocycles. The van der Waals surface area contributed by atoms with E-state index in [4.69, 9.17) is 0 Å². The van der Waals surface area contributed by atoms with E-state index < -0.39 is 5.69 Å². The van der Waals surface area contributed by atoms with Crippen molar-refractivity contribution in [1.82, 2.24) is 18.9 Å². The summed E-state index contributed by atoms with van der Waals surface area (Å²) in [5.74, 6) is -0.373. The summed E-state index contributed by atoms with van der Waals surface area (Å²) in [6.07, 6.45) is 0. The highest BCUT2D eigenvalue weighted by molar-refractivity contribution is 5.93. The Kier molecular flexibility index (Phi) is 5.29. The smallest absolute Gasteiger partial charge is 0.323 e. The molecule has 0 fully saturated rings. The van der Waals surface area contributed by atoms with Gasteiger partial charge in [0.05, 0.1) is 28.0 Å². The highest BCUT2D eigenvalue weighted by atomic mass is 16.2. The van der Waals surface area contributed by atoms with E-state index in [0.717, 1.165) is 21.6 Å². The second kappa shape index (κ2) is 8.06. The average Bonchev–Trinajstić information content (AvgIpc) is 3.09. The first-order chi connectivity index (χ1) is 14.9. The van der Waals surface area contributed by atoms with Gasteiger partial charge in [-0.15, -0.1) is 0 Å². The fourth-order valence-electron chi connectivity index (χ4n) is 3.77. The van der Waals surface area contributed by atoms with Crippen LogP contribution in [0.15, 0.2) is 64.2 Å². The summed E-state index contributed by atoms with van der Waals surface area (Å²) >= 11 is 0. The zero-order valence-corrected chi connectivity index (χ0v) is 17.6. The SMILES string of the molecule is CCn1c(=O)c2ccccc2n(CC(=O)Nc2ccccc2-n2nc(C)cc2C)c1=O. The lowest BCUT2D eigenvalue weighted by Crippen LogP contribution is -2.41. The number of amides is 1. The predicted molar refractivity (Wildman–Crippen MR) is 120 cm³/mol. The van der Waals surface area contributed by atoms with Crippen molar-refractivity contribution in [2.75, 3.05) is 5.32 Å². The molecule has 0 unspecified atom stereocenters. The van der Waals surface area contributed by atoms with Crippen LogP contribution in [-0.4, -0.2) is 24.8 Å². The standard InChI is InChI=1S/C23H23N5O3/c1-4-26-22(30)17-9-5-7-11-19(17)27(23(26)31)14-21(29)24-18-10-6-8-12-20(18)28-16(3)13-15(2)25-28/h5-13H,4,14H2,1-3H3,(H,24,29). The monoisotopic (exact) mass is 417 g/mol. The molecule has 4 rings (SSSR count). The highest BCUT2D eigenvalue weighted by Crippen LogP contribution is 2.21. The minimum absolute atomic E-state index is 0.217. The number of benzene rings is 2. The molecule has 1 N–H and O–H groups in total. The molecule has 2 aromatic carbocycles. The lowest BCUT2D eigenvalue weighted by molar-refractivity contribution is -0.116. The molecule has 0 radical (unpaired) electrons. The van der Waals surface area contributed by atoms with E-state index >= 15 is 0 Å². The van der Waals surface area contributed by atoms with Crippen LogP contribution in [0.3, 0.4) is 0 Å². The van der Waals surface area contributed by atoms with Crippen LogP contribution in [-0.2, 0) is 17.9 Å². The Morgan fingerprint density at radius 3 is 2.42 bits per heavy atom. The zero-order chi connectivity index (χ0) is 22.1. The number of nitrogens with zero attached hydrogens (tertiary/aromatic N) is 4. The molecule has 0 aliphatic carbocycles. The molecule has 0 aliphatic rings. The molecule has 0 bridgehead atoms. The number of hydrogen-bond donors (Lipinski definition) is 1. The van der Waals surface area contributed by atoms with Crippen LogP contribution < -0.4 is 16.6 Å². The van der Waals surface area contributed by atoms with Gasteiger partial charge in [0.1, 0.15) is 6.54 Å². The van der Waals surface area contributed by atoms with E-state index in [1.54, 1.807) is 41.9 Å². The Bertz CT molecular complexity index is 1410. The first-order valence-corrected chi connectivity index (χ1v) is 10.1. The summed E-state index contributed by atoms with van der Waals surface area (Å²) in [6.45, 7) is 5.59. The quantitative estimate of drug-likeness (QED) is 0.540. The van der Waals surface area contributed by atoms with E-state index in [9.17, 15) is 14.4 Å². The number of anilines is 1. The molecule has 8 nitrogen and oxygen atoms in total. The van der Waals surface area contributed by atoms with Crippen molar-refractivity contribution < 1.29 is 4.79 Å². The van der Waals surface area contributed by atoms with Crippen molar-refractivity contribution in [2.45, 2.75) is 33.9 Å². The Morgan fingerprint density at radius 2 is 1.71 bits per heavy atom. The molecule has 4 aromatic rings. The lowest BCUT2D eigenvalue weighted by atomic mass is 10.2. The Morgan fingerprint density at radius 1 is 1.00 bits per heavy atom. The summed E-state index contributed by atoms with van der Waals surface area (Å²) in [7, 11) is 0. The number of hydrogen-bond acceptors (Lipinski definition) is 4. The Labute approximate surface area is 178 Å². The van der Waals surface area contributed by atoms with Gasteiger partial charge in [-0.05, 0) is 51.1 Å². The third-order valence-electron chi connectivity index (χ3n) is 5.17. The van der Waals surface area contributed by atoms with Gasteiger partial charge in [-0.1, -0.05) is 24.3 Å². The number of fused-ring (bicyclic) bond motifs is 1. The van der Waals surface area contributed by atoms with Gasteiger partial charge in [0.15, 0.2) is 0 Å². The molecular formula is C23H23N5O3. The van der Waals surface area contributed by atoms with Crippen LogP contribution in [0, 0.1) is 13.8 Å². The van der Waals surface area contributed by atoms with E-state index in [1.807, 2.05) is 38.1 Å². The number of carbonyl (C=O) groups excluding carboxylic acids is 1. The number of aryl methyl sites for hydroxylation is 2. The number of carbonyl (C=O) groups is 1. The molecule has 0 spiro atoms. The van der Waals surface area contributed by atoms with Gasteiger partial charge in [-0.2, -0.15) is 5.10 Å². The maximum atomic E-state index is 12.9. The predicted octanol–water partition coefficient (Wildman–Crippen LogP) is 2.62. The molecule has 158 valence electrons. The summed E-state index contributed by atoms with van der Waals surface area (Å²) in [4.78, 5) is 38.4. The summed E-state index contributed by atoms with van der Waals surface area (Å²) in [5, 5.41) is 7.79. The van der Waals surface area contributed by atoms with Crippen molar-refractivity contribution in [1.29, 1.82) is 0 Å². The van der Waals surface area contributed by atoms with Crippen molar-refractivity contribution in [3.8, 4) is 5.69 Å². The zero-order valence-electron chi connectivity index (χ0n) is 17.6.